The van der Waals surface area contributed by atoms with Gasteiger partial charge in [-0.25, -0.2) is 0 Å². The van der Waals surface area contributed by atoms with Crippen molar-refractivity contribution in [3.8, 4) is 0 Å². The lowest BCUT2D eigenvalue weighted by Gasteiger charge is -2.39. The van der Waals surface area contributed by atoms with Gasteiger partial charge in [0.1, 0.15) is 0 Å². The molecule has 0 unspecified atom stereocenters. The van der Waals surface area contributed by atoms with E-state index in [9.17, 15) is 35.9 Å². The maximum Gasteiger partial charge on any atom is 0.411 e. The van der Waals surface area contributed by atoms with E-state index in [-0.39, 0.29) is 42.6 Å². The second-order valence-corrected chi connectivity index (χ2v) is 11.4. The molecule has 0 bridgehead atoms. The summed E-state index contributed by atoms with van der Waals surface area (Å²) in [7, 11) is 0. The highest BCUT2D eigenvalue weighted by molar-refractivity contribution is 9.11. The van der Waals surface area contributed by atoms with E-state index in [0.717, 1.165) is 12.1 Å². The molecule has 0 aromatic heterocycles. The van der Waals surface area contributed by atoms with Gasteiger partial charge in [0.25, 0.3) is 11.8 Å². The number of anilines is 2. The minimum Gasteiger partial charge on any atom is -0.321 e. The molecule has 0 heterocycles. The van der Waals surface area contributed by atoms with Crippen LogP contribution in [0.5, 0.6) is 0 Å². The van der Waals surface area contributed by atoms with Crippen LogP contribution in [0.4, 0.5) is 37.7 Å². The molecule has 4 aromatic rings. The average molecular weight is 728 g/mol. The average Bonchev–Trinajstić information content (AvgIpc) is 2.92. The third kappa shape index (κ3) is 6.21. The van der Waals surface area contributed by atoms with Gasteiger partial charge in [-0.1, -0.05) is 48.5 Å². The van der Waals surface area contributed by atoms with Crippen molar-refractivity contribution in [2.45, 2.75) is 31.6 Å². The molecule has 0 aliphatic carbocycles. The van der Waals surface area contributed by atoms with Gasteiger partial charge in [0.2, 0.25) is 5.41 Å². The van der Waals surface area contributed by atoms with E-state index in [1.54, 1.807) is 36.4 Å². The van der Waals surface area contributed by atoms with Crippen LogP contribution in [0.15, 0.2) is 93.9 Å². The fraction of sp³-hybridized carbons (Fsp3) is 0.161. The van der Waals surface area contributed by atoms with Crippen LogP contribution in [0.1, 0.15) is 43.0 Å². The Hall–Kier alpha value is -3.64. The predicted molar refractivity (Wildman–Crippen MR) is 159 cm³/mol. The Bertz CT molecular complexity index is 1500. The minimum absolute atomic E-state index is 0.0205. The molecule has 0 saturated carbocycles. The molecule has 0 atom stereocenters. The van der Waals surface area contributed by atoms with Gasteiger partial charge in [0, 0.05) is 20.1 Å². The van der Waals surface area contributed by atoms with Crippen molar-refractivity contribution in [1.29, 1.82) is 0 Å². The minimum atomic E-state index is -5.85. The van der Waals surface area contributed by atoms with Crippen molar-refractivity contribution < 1.29 is 35.9 Å². The second-order valence-electron chi connectivity index (χ2n) is 9.69. The van der Waals surface area contributed by atoms with Crippen LogP contribution < -0.4 is 10.6 Å². The van der Waals surface area contributed by atoms with E-state index in [0.29, 0.717) is 12.1 Å². The summed E-state index contributed by atoms with van der Waals surface area (Å²) in [5.41, 5.74) is -6.22. The standard InChI is InChI=1S/C31H22Br2F6N2O2/c1-17-13-21(15-23(32)25(17)40-27(42)19-9-5-3-6-10-19)29(30(34,35)36,31(37,38)39)22-14-18(2)26(24(33)16-22)41-28(43)20-11-7-4-8-12-20/h3-16H,1-2H3,(H,40,42)(H,41,43). The first-order chi connectivity index (χ1) is 20.1. The third-order valence-corrected chi connectivity index (χ3v) is 8.09. The number of halogens is 8. The summed E-state index contributed by atoms with van der Waals surface area (Å²) < 4.78 is 89.3. The SMILES string of the molecule is Cc1cc(C(c2cc(C)c(NC(=O)c3ccccc3)c(Br)c2)(C(F)(F)F)C(F)(F)F)cc(Br)c1NC(=O)c1ccccc1. The first-order valence-electron chi connectivity index (χ1n) is 12.6. The van der Waals surface area contributed by atoms with Gasteiger partial charge in [-0.15, -0.1) is 0 Å². The number of carbonyl (C=O) groups is 2. The number of alkyl halides is 6. The highest BCUT2D eigenvalue weighted by Crippen LogP contribution is 2.58. The molecular weight excluding hydrogens is 706 g/mol. The van der Waals surface area contributed by atoms with Crippen molar-refractivity contribution in [3.63, 3.8) is 0 Å². The Morgan fingerprint density at radius 3 is 1.19 bits per heavy atom. The molecule has 224 valence electrons. The Kier molecular flexibility index (Phi) is 9.13. The Morgan fingerprint density at radius 2 is 0.907 bits per heavy atom. The van der Waals surface area contributed by atoms with Crippen LogP contribution in [0, 0.1) is 13.8 Å². The van der Waals surface area contributed by atoms with Crippen molar-refractivity contribution in [1.82, 2.24) is 0 Å². The van der Waals surface area contributed by atoms with E-state index in [4.69, 9.17) is 0 Å². The van der Waals surface area contributed by atoms with Crippen LogP contribution in [-0.2, 0) is 5.41 Å². The molecule has 0 radical (unpaired) electrons. The number of aryl methyl sites for hydroxylation is 2. The van der Waals surface area contributed by atoms with Crippen molar-refractivity contribution in [3.05, 3.63) is 127 Å². The van der Waals surface area contributed by atoms with Crippen molar-refractivity contribution >= 4 is 55.0 Å². The number of amides is 2. The number of hydrogen-bond acceptors (Lipinski definition) is 2. The molecule has 43 heavy (non-hydrogen) atoms. The van der Waals surface area contributed by atoms with Crippen LogP contribution in [-0.4, -0.2) is 24.2 Å². The van der Waals surface area contributed by atoms with Gasteiger partial charge in [-0.2, -0.15) is 26.3 Å². The van der Waals surface area contributed by atoms with Gasteiger partial charge in [-0.3, -0.25) is 9.59 Å². The number of nitrogens with one attached hydrogen (secondary N) is 2. The molecule has 2 amide bonds. The zero-order chi connectivity index (χ0) is 31.7. The summed E-state index contributed by atoms with van der Waals surface area (Å²) in [5.74, 6) is -1.19. The maximum atomic E-state index is 14.9. The molecule has 4 rings (SSSR count). The molecule has 0 fully saturated rings. The van der Waals surface area contributed by atoms with Crippen molar-refractivity contribution in [2.24, 2.45) is 0 Å². The van der Waals surface area contributed by atoms with Gasteiger partial charge in [0.15, 0.2) is 0 Å². The molecule has 4 aromatic carbocycles. The fourth-order valence-electron chi connectivity index (χ4n) is 4.77. The zero-order valence-electron chi connectivity index (χ0n) is 22.4. The smallest absolute Gasteiger partial charge is 0.321 e. The monoisotopic (exact) mass is 726 g/mol. The molecule has 0 aliphatic heterocycles. The van der Waals surface area contributed by atoms with E-state index >= 15 is 0 Å². The van der Waals surface area contributed by atoms with Crippen LogP contribution >= 0.6 is 31.9 Å². The molecule has 0 saturated heterocycles. The van der Waals surface area contributed by atoms with Crippen LogP contribution in [0.3, 0.4) is 0 Å². The zero-order valence-corrected chi connectivity index (χ0v) is 25.6. The first-order valence-corrected chi connectivity index (χ1v) is 14.1. The molecule has 0 aliphatic rings. The third-order valence-electron chi connectivity index (χ3n) is 6.84. The molecule has 2 N–H and O–H groups in total. The van der Waals surface area contributed by atoms with Gasteiger partial charge < -0.3 is 10.6 Å². The van der Waals surface area contributed by atoms with Crippen LogP contribution in [0.25, 0.3) is 0 Å². The van der Waals surface area contributed by atoms with E-state index < -0.39 is 40.7 Å². The maximum absolute atomic E-state index is 14.9. The van der Waals surface area contributed by atoms with Crippen LogP contribution in [0.2, 0.25) is 0 Å². The quantitative estimate of drug-likeness (QED) is 0.194. The Labute approximate surface area is 259 Å². The lowest BCUT2D eigenvalue weighted by atomic mass is 9.72. The summed E-state index contributed by atoms with van der Waals surface area (Å²) in [4.78, 5) is 25.4. The van der Waals surface area contributed by atoms with Gasteiger partial charge >= 0.3 is 12.4 Å². The van der Waals surface area contributed by atoms with E-state index in [2.05, 4.69) is 42.5 Å². The lowest BCUT2D eigenvalue weighted by molar-refractivity contribution is -0.288. The summed E-state index contributed by atoms with van der Waals surface area (Å²) in [5, 5.41) is 5.10. The summed E-state index contributed by atoms with van der Waals surface area (Å²) in [6.45, 7) is 2.60. The highest BCUT2D eigenvalue weighted by atomic mass is 79.9. The van der Waals surface area contributed by atoms with Gasteiger partial charge in [0.05, 0.1) is 11.4 Å². The molecule has 4 nitrogen and oxygen atoms in total. The highest BCUT2D eigenvalue weighted by Gasteiger charge is 2.72. The lowest BCUT2D eigenvalue weighted by Crippen LogP contribution is -2.55. The molecular formula is C31H22Br2F6N2O2. The normalized spacial score (nSPS) is 12.1. The molecule has 0 spiro atoms. The molecule has 12 heteroatoms. The Morgan fingerprint density at radius 1 is 0.581 bits per heavy atom. The summed E-state index contributed by atoms with van der Waals surface area (Å²) in [6.07, 6.45) is -11.7. The number of hydrogen-bond donors (Lipinski definition) is 2. The summed E-state index contributed by atoms with van der Waals surface area (Å²) >= 11 is 6.16. The van der Waals surface area contributed by atoms with Crippen molar-refractivity contribution in [2.75, 3.05) is 10.6 Å². The fourth-order valence-corrected chi connectivity index (χ4v) is 6.09. The Balaban J connectivity index is 1.85. The topological polar surface area (TPSA) is 58.2 Å². The number of rotatable bonds is 6. The number of benzene rings is 4. The van der Waals surface area contributed by atoms with Gasteiger partial charge in [-0.05, 0) is 104 Å². The van der Waals surface area contributed by atoms with E-state index in [1.165, 1.54) is 38.1 Å². The largest absolute Gasteiger partial charge is 0.411 e. The second kappa shape index (κ2) is 12.2. The summed E-state index contributed by atoms with van der Waals surface area (Å²) in [6, 6.07) is 18.8. The number of carbonyl (C=O) groups excluding carboxylic acids is 2. The first kappa shape index (κ1) is 32.3. The predicted octanol–water partition coefficient (Wildman–Crippen LogP) is 9.74. The van der Waals surface area contributed by atoms with E-state index in [1.807, 2.05) is 0 Å².